The number of rotatable bonds is 31. The Hall–Kier alpha value is -2.35. The third-order valence-corrected chi connectivity index (χ3v) is 10.0. The number of sulfonamides is 1. The van der Waals surface area contributed by atoms with Gasteiger partial charge in [-0.2, -0.15) is 0 Å². The van der Waals surface area contributed by atoms with E-state index in [0.29, 0.717) is 45.2 Å². The van der Waals surface area contributed by atoms with E-state index in [4.69, 9.17) is 11.5 Å². The lowest BCUT2D eigenvalue weighted by molar-refractivity contribution is -0.135. The average molecular weight is 750 g/mol. The smallest absolute Gasteiger partial charge is 0.426 e. The highest BCUT2D eigenvalue weighted by molar-refractivity contribution is 7.89. The van der Waals surface area contributed by atoms with E-state index in [1.807, 2.05) is 0 Å². The summed E-state index contributed by atoms with van der Waals surface area (Å²) in [6, 6.07) is -5.04. The summed E-state index contributed by atoms with van der Waals surface area (Å²) in [6.07, 6.45) is 11.3. The van der Waals surface area contributed by atoms with Gasteiger partial charge >= 0.3 is 7.12 Å². The van der Waals surface area contributed by atoms with Crippen LogP contribution < -0.4 is 37.5 Å². The van der Waals surface area contributed by atoms with Crippen molar-refractivity contribution >= 4 is 40.8 Å². The molecule has 0 saturated heterocycles. The summed E-state index contributed by atoms with van der Waals surface area (Å²) in [5.74, 6) is -4.29. The maximum Gasteiger partial charge on any atom is 0.475 e. The molecule has 16 nitrogen and oxygen atoms in total. The molecule has 0 aromatic carbocycles. The Kier molecular flexibility index (Phi) is 26.9. The summed E-state index contributed by atoms with van der Waals surface area (Å²) in [5.41, 5.74) is 11.1. The number of aliphatic hydroxyl groups excluding tert-OH is 1. The van der Waals surface area contributed by atoms with Crippen LogP contribution in [0.15, 0.2) is 0 Å². The maximum absolute atomic E-state index is 13.3. The Morgan fingerprint density at radius 1 is 0.627 bits per heavy atom. The lowest BCUT2D eigenvalue weighted by Gasteiger charge is -2.27. The Morgan fingerprint density at radius 3 is 1.61 bits per heavy atom. The Morgan fingerprint density at radius 2 is 1.12 bits per heavy atom. The molecular weight excluding hydrogens is 681 g/mol. The number of amides is 4. The van der Waals surface area contributed by atoms with E-state index in [9.17, 15) is 42.8 Å². The van der Waals surface area contributed by atoms with Crippen molar-refractivity contribution < 1.29 is 42.8 Å². The Labute approximate surface area is 306 Å². The molecule has 1 unspecified atom stereocenters. The second-order valence-corrected chi connectivity index (χ2v) is 15.3. The minimum atomic E-state index is -3.84. The molecule has 0 spiro atoms. The highest BCUT2D eigenvalue weighted by Crippen LogP contribution is 2.12. The van der Waals surface area contributed by atoms with Crippen LogP contribution in [0.5, 0.6) is 0 Å². The van der Waals surface area contributed by atoms with Gasteiger partial charge < -0.3 is 47.9 Å². The van der Waals surface area contributed by atoms with Crippen LogP contribution in [0.25, 0.3) is 0 Å². The van der Waals surface area contributed by atoms with Crippen molar-refractivity contribution in [3.05, 3.63) is 0 Å². The van der Waals surface area contributed by atoms with Crippen LogP contribution >= 0.6 is 0 Å². The maximum atomic E-state index is 13.3. The highest BCUT2D eigenvalue weighted by atomic mass is 32.2. The first kappa shape index (κ1) is 48.7. The van der Waals surface area contributed by atoms with Gasteiger partial charge in [0, 0.05) is 0 Å². The summed E-state index contributed by atoms with van der Waals surface area (Å²) in [5, 5.41) is 38.9. The minimum absolute atomic E-state index is 0.118. The number of unbranched alkanes of at least 4 members (excludes halogenated alkanes) is 11. The third kappa shape index (κ3) is 23.0. The quantitative estimate of drug-likeness (QED) is 0.0328. The van der Waals surface area contributed by atoms with Gasteiger partial charge in [0.2, 0.25) is 33.7 Å². The monoisotopic (exact) mass is 749 g/mol. The van der Waals surface area contributed by atoms with Gasteiger partial charge in [0.15, 0.2) is 0 Å². The molecule has 18 heteroatoms. The molecule has 6 atom stereocenters. The van der Waals surface area contributed by atoms with E-state index in [-0.39, 0.29) is 18.6 Å². The van der Waals surface area contributed by atoms with Crippen molar-refractivity contribution in [1.82, 2.24) is 26.0 Å². The topological polar surface area (TPSA) is 275 Å². The molecule has 298 valence electrons. The fourth-order valence-electron chi connectivity index (χ4n) is 5.28. The van der Waals surface area contributed by atoms with E-state index in [1.54, 1.807) is 0 Å². The number of nitrogens with two attached hydrogens (primary N) is 2. The van der Waals surface area contributed by atoms with E-state index in [0.717, 1.165) is 25.7 Å². The molecule has 12 N–H and O–H groups in total. The SMILES string of the molecule is CCCCCCCCCCCCS(=O)(=O)N[C@@H](CCCCN)C(=O)N[C@H](C(=O)N[C@@H](C)C(=O)N[C@@H](CCCCN)C(=O)N[C@@H](C)B(O)O)C(C)O. The van der Waals surface area contributed by atoms with Crippen LogP contribution in [-0.2, 0) is 29.2 Å². The van der Waals surface area contributed by atoms with Crippen LogP contribution in [0.1, 0.15) is 130 Å². The molecule has 0 heterocycles. The van der Waals surface area contributed by atoms with Gasteiger partial charge in [-0.25, -0.2) is 13.1 Å². The highest BCUT2D eigenvalue weighted by Gasteiger charge is 2.33. The number of hydrogen-bond donors (Lipinski definition) is 10. The molecule has 0 aromatic heterocycles. The molecule has 0 saturated carbocycles. The van der Waals surface area contributed by atoms with Gasteiger partial charge in [-0.05, 0) is 72.4 Å². The molecule has 0 rings (SSSR count). The summed E-state index contributed by atoms with van der Waals surface area (Å²) < 4.78 is 28.4. The first-order valence-electron chi connectivity index (χ1n) is 18.8. The van der Waals surface area contributed by atoms with E-state index in [2.05, 4.69) is 32.9 Å². The summed E-state index contributed by atoms with van der Waals surface area (Å²) >= 11 is 0. The van der Waals surface area contributed by atoms with Gasteiger partial charge in [-0.15, -0.1) is 0 Å². The lowest BCUT2D eigenvalue weighted by Crippen LogP contribution is -2.60. The Balaban J connectivity index is 5.37. The van der Waals surface area contributed by atoms with Crippen molar-refractivity contribution in [1.29, 1.82) is 0 Å². The minimum Gasteiger partial charge on any atom is -0.426 e. The zero-order chi connectivity index (χ0) is 38.8. The zero-order valence-electron chi connectivity index (χ0n) is 31.3. The number of hydrogen-bond acceptors (Lipinski definition) is 11. The fourth-order valence-corrected chi connectivity index (χ4v) is 6.64. The lowest BCUT2D eigenvalue weighted by atomic mass is 9.81. The largest absolute Gasteiger partial charge is 0.475 e. The summed E-state index contributed by atoms with van der Waals surface area (Å²) in [4.78, 5) is 52.3. The van der Waals surface area contributed by atoms with Crippen LogP contribution in [0.4, 0.5) is 0 Å². The van der Waals surface area contributed by atoms with Crippen molar-refractivity contribution in [2.45, 2.75) is 167 Å². The molecular formula is C33H68BN7O9S. The van der Waals surface area contributed by atoms with Gasteiger partial charge in [0.05, 0.1) is 17.8 Å². The molecule has 0 fully saturated rings. The van der Waals surface area contributed by atoms with Gasteiger partial charge in [0.1, 0.15) is 24.2 Å². The van der Waals surface area contributed by atoms with Crippen molar-refractivity contribution in [2.24, 2.45) is 11.5 Å². The predicted octanol–water partition coefficient (Wildman–Crippen LogP) is -0.175. The van der Waals surface area contributed by atoms with E-state index < -0.39 is 77.0 Å². The van der Waals surface area contributed by atoms with Crippen molar-refractivity contribution in [3.63, 3.8) is 0 Å². The second-order valence-electron chi connectivity index (χ2n) is 13.5. The summed E-state index contributed by atoms with van der Waals surface area (Å²) in [6.45, 7) is 6.88. The number of aliphatic hydroxyl groups is 1. The van der Waals surface area contributed by atoms with Crippen LogP contribution in [-0.4, -0.2) is 109 Å². The average Bonchev–Trinajstić information content (AvgIpc) is 3.06. The zero-order valence-corrected chi connectivity index (χ0v) is 32.1. The molecule has 0 aromatic rings. The number of nitrogens with one attached hydrogen (secondary N) is 5. The first-order chi connectivity index (χ1) is 24.1. The normalized spacial score (nSPS) is 15.2. The molecule has 0 radical (unpaired) electrons. The molecule has 0 aliphatic heterocycles. The van der Waals surface area contributed by atoms with Crippen molar-refractivity contribution in [2.75, 3.05) is 18.8 Å². The predicted molar refractivity (Wildman–Crippen MR) is 199 cm³/mol. The van der Waals surface area contributed by atoms with Crippen LogP contribution in [0.3, 0.4) is 0 Å². The number of carbonyl (C=O) groups excluding carboxylic acids is 4. The second kappa shape index (κ2) is 28.2. The Bertz CT molecular complexity index is 1100. The van der Waals surface area contributed by atoms with E-state index >= 15 is 0 Å². The molecule has 0 bridgehead atoms. The van der Waals surface area contributed by atoms with Gasteiger partial charge in [-0.3, -0.25) is 19.2 Å². The molecule has 0 aliphatic rings. The molecule has 51 heavy (non-hydrogen) atoms. The standard InChI is InChI=1S/C33H68BN7O9S/c1-5-6-7-8-9-10-11-12-13-18-23-51(49,50)41-28(20-15-17-22-36)32(45)40-29(25(3)42)33(46)37-24(2)30(43)39-27(19-14-16-21-35)31(44)38-26(4)34(47)48/h24-29,41-42,47-48H,5-23,35-36H2,1-4H3,(H,37,46)(H,38,44)(H,39,43)(H,40,45)/t24-,25?,26-,27-,28-,29-/m0/s1. The van der Waals surface area contributed by atoms with Crippen LogP contribution in [0, 0.1) is 0 Å². The van der Waals surface area contributed by atoms with Gasteiger partial charge in [0.25, 0.3) is 0 Å². The first-order valence-corrected chi connectivity index (χ1v) is 20.4. The fraction of sp³-hybridized carbons (Fsp3) is 0.879. The molecule has 4 amide bonds. The number of carbonyl (C=O) groups is 4. The van der Waals surface area contributed by atoms with Crippen LogP contribution in [0.2, 0.25) is 0 Å². The molecule has 0 aliphatic carbocycles. The third-order valence-electron chi connectivity index (χ3n) is 8.56. The van der Waals surface area contributed by atoms with Gasteiger partial charge in [-0.1, -0.05) is 71.1 Å². The summed E-state index contributed by atoms with van der Waals surface area (Å²) in [7, 11) is -5.66. The van der Waals surface area contributed by atoms with E-state index in [1.165, 1.54) is 52.9 Å². The van der Waals surface area contributed by atoms with Crippen molar-refractivity contribution in [3.8, 4) is 0 Å².